The van der Waals surface area contributed by atoms with Crippen molar-refractivity contribution in [3.8, 4) is 16.9 Å². The van der Waals surface area contributed by atoms with Gasteiger partial charge in [-0.25, -0.2) is 9.18 Å². The largest absolute Gasteiger partial charge is 0.504 e. The van der Waals surface area contributed by atoms with Gasteiger partial charge in [-0.1, -0.05) is 0 Å². The Morgan fingerprint density at radius 2 is 2.17 bits per heavy atom. The van der Waals surface area contributed by atoms with Crippen molar-refractivity contribution in [2.45, 2.75) is 0 Å². The Labute approximate surface area is 101 Å². The number of halogens is 1. The van der Waals surface area contributed by atoms with Crippen LogP contribution in [-0.4, -0.2) is 26.0 Å². The van der Waals surface area contributed by atoms with Gasteiger partial charge in [0.1, 0.15) is 11.4 Å². The van der Waals surface area contributed by atoms with E-state index in [4.69, 9.17) is 10.8 Å². The van der Waals surface area contributed by atoms with E-state index >= 15 is 0 Å². The van der Waals surface area contributed by atoms with Crippen LogP contribution in [0.4, 0.5) is 10.2 Å². The molecule has 0 spiro atoms. The molecule has 0 atom stereocenters. The number of nitrogens with two attached hydrogens (primary N) is 1. The summed E-state index contributed by atoms with van der Waals surface area (Å²) in [6.45, 7) is 0. The van der Waals surface area contributed by atoms with Gasteiger partial charge in [0.25, 0.3) is 0 Å². The first-order valence-corrected chi connectivity index (χ1v) is 4.95. The molecule has 4 N–H and O–H groups in total. The van der Waals surface area contributed by atoms with E-state index in [1.807, 2.05) is 0 Å². The summed E-state index contributed by atoms with van der Waals surface area (Å²) in [6, 6.07) is 2.16. The Morgan fingerprint density at radius 3 is 2.67 bits per heavy atom. The lowest BCUT2D eigenvalue weighted by Gasteiger charge is -2.06. The number of aromatic nitrogens is 2. The first kappa shape index (κ1) is 11.9. The molecule has 0 aliphatic heterocycles. The third-order valence-electron chi connectivity index (χ3n) is 2.59. The fourth-order valence-corrected chi connectivity index (χ4v) is 1.59. The molecule has 2 rings (SSSR count). The average molecular weight is 251 g/mol. The number of aromatic hydroxyl groups is 1. The van der Waals surface area contributed by atoms with Crippen LogP contribution in [-0.2, 0) is 7.05 Å². The summed E-state index contributed by atoms with van der Waals surface area (Å²) in [5, 5.41) is 22.0. The molecule has 0 saturated heterocycles. The molecule has 0 radical (unpaired) electrons. The molecule has 6 nitrogen and oxygen atoms in total. The average Bonchev–Trinajstić information content (AvgIpc) is 2.63. The third kappa shape index (κ3) is 1.75. The molecule has 18 heavy (non-hydrogen) atoms. The number of nitrogens with zero attached hydrogens (tertiary/aromatic N) is 2. The van der Waals surface area contributed by atoms with E-state index in [0.717, 1.165) is 12.1 Å². The summed E-state index contributed by atoms with van der Waals surface area (Å²) < 4.78 is 14.8. The number of hydrogen-bond acceptors (Lipinski definition) is 4. The number of carboxylic acid groups (broad SMARTS) is 1. The van der Waals surface area contributed by atoms with Crippen molar-refractivity contribution < 1.29 is 19.4 Å². The van der Waals surface area contributed by atoms with Crippen molar-refractivity contribution in [3.63, 3.8) is 0 Å². The monoisotopic (exact) mass is 251 g/mol. The van der Waals surface area contributed by atoms with Crippen LogP contribution in [0.2, 0.25) is 0 Å². The van der Waals surface area contributed by atoms with Gasteiger partial charge in [0.15, 0.2) is 11.6 Å². The number of phenols is 1. The lowest BCUT2D eigenvalue weighted by Crippen LogP contribution is -2.01. The Bertz CT molecular complexity index is 637. The molecule has 2 aromatic rings. The zero-order valence-corrected chi connectivity index (χ0v) is 9.38. The van der Waals surface area contributed by atoms with E-state index in [2.05, 4.69) is 5.10 Å². The topological polar surface area (TPSA) is 101 Å². The van der Waals surface area contributed by atoms with Crippen molar-refractivity contribution in [1.29, 1.82) is 0 Å². The second kappa shape index (κ2) is 4.02. The third-order valence-corrected chi connectivity index (χ3v) is 2.59. The van der Waals surface area contributed by atoms with Crippen LogP contribution in [0.25, 0.3) is 11.1 Å². The van der Waals surface area contributed by atoms with Crippen LogP contribution in [0, 0.1) is 5.82 Å². The van der Waals surface area contributed by atoms with E-state index in [1.54, 1.807) is 7.05 Å². The van der Waals surface area contributed by atoms with Gasteiger partial charge in [0.2, 0.25) is 0 Å². The molecular weight excluding hydrogens is 241 g/mol. The molecule has 1 heterocycles. The summed E-state index contributed by atoms with van der Waals surface area (Å²) in [4.78, 5) is 10.9. The van der Waals surface area contributed by atoms with Crippen molar-refractivity contribution in [2.75, 3.05) is 5.73 Å². The van der Waals surface area contributed by atoms with E-state index in [9.17, 15) is 14.3 Å². The summed E-state index contributed by atoms with van der Waals surface area (Å²) in [7, 11) is 1.60. The summed E-state index contributed by atoms with van der Waals surface area (Å²) in [5.41, 5.74) is 5.84. The van der Waals surface area contributed by atoms with Gasteiger partial charge >= 0.3 is 5.97 Å². The molecule has 7 heteroatoms. The molecule has 1 aromatic heterocycles. The standard InChI is InChI=1S/C11H10FN3O3/c1-15-10(13)7(4-14-15)5-2-6(11(17)18)9(16)8(12)3-5/h2-4,16H,13H2,1H3,(H,17,18). The fraction of sp³-hybridized carbons (Fsp3) is 0.0909. The number of carbonyl (C=O) groups is 1. The second-order valence-electron chi connectivity index (χ2n) is 3.73. The van der Waals surface area contributed by atoms with Crippen molar-refractivity contribution in [3.05, 3.63) is 29.7 Å². The van der Waals surface area contributed by atoms with Crippen LogP contribution in [0.3, 0.4) is 0 Å². The lowest BCUT2D eigenvalue weighted by atomic mass is 10.0. The van der Waals surface area contributed by atoms with Gasteiger partial charge in [-0.3, -0.25) is 4.68 Å². The van der Waals surface area contributed by atoms with Crippen molar-refractivity contribution in [1.82, 2.24) is 9.78 Å². The lowest BCUT2D eigenvalue weighted by molar-refractivity contribution is 0.0693. The molecule has 94 valence electrons. The molecular formula is C11H10FN3O3. The number of benzene rings is 1. The number of rotatable bonds is 2. The molecule has 0 bridgehead atoms. The SMILES string of the molecule is Cn1ncc(-c2cc(F)c(O)c(C(=O)O)c2)c1N. The van der Waals surface area contributed by atoms with Gasteiger partial charge in [-0.2, -0.15) is 5.10 Å². The van der Waals surface area contributed by atoms with Crippen LogP contribution < -0.4 is 5.73 Å². The Morgan fingerprint density at radius 1 is 1.50 bits per heavy atom. The predicted octanol–water partition coefficient (Wildman–Crippen LogP) is 1.21. The number of aryl methyl sites for hydroxylation is 1. The Kier molecular flexibility index (Phi) is 2.66. The fourth-order valence-electron chi connectivity index (χ4n) is 1.59. The van der Waals surface area contributed by atoms with Crippen LogP contribution in [0.15, 0.2) is 18.3 Å². The van der Waals surface area contributed by atoms with E-state index in [0.29, 0.717) is 5.56 Å². The van der Waals surface area contributed by atoms with Gasteiger partial charge in [0.05, 0.1) is 6.20 Å². The maximum atomic E-state index is 13.4. The zero-order valence-electron chi connectivity index (χ0n) is 9.38. The molecule has 0 aliphatic carbocycles. The van der Waals surface area contributed by atoms with E-state index in [1.165, 1.54) is 10.9 Å². The Balaban J connectivity index is 2.66. The van der Waals surface area contributed by atoms with E-state index < -0.39 is 23.1 Å². The van der Waals surface area contributed by atoms with Gasteiger partial charge in [-0.05, 0) is 17.7 Å². The first-order valence-electron chi connectivity index (χ1n) is 4.95. The molecule has 0 amide bonds. The molecule has 0 fully saturated rings. The first-order chi connectivity index (χ1) is 8.41. The van der Waals surface area contributed by atoms with E-state index in [-0.39, 0.29) is 11.4 Å². The molecule has 0 saturated carbocycles. The van der Waals surface area contributed by atoms with Crippen LogP contribution in [0.5, 0.6) is 5.75 Å². The number of anilines is 1. The predicted molar refractivity (Wildman–Crippen MR) is 61.6 cm³/mol. The highest BCUT2D eigenvalue weighted by atomic mass is 19.1. The highest BCUT2D eigenvalue weighted by Gasteiger charge is 2.18. The summed E-state index contributed by atoms with van der Waals surface area (Å²) in [6.07, 6.45) is 1.40. The van der Waals surface area contributed by atoms with Crippen LogP contribution in [0.1, 0.15) is 10.4 Å². The summed E-state index contributed by atoms with van der Waals surface area (Å²) in [5.74, 6) is -3.06. The molecule has 0 unspecified atom stereocenters. The number of carboxylic acids is 1. The van der Waals surface area contributed by atoms with Crippen molar-refractivity contribution in [2.24, 2.45) is 7.05 Å². The normalized spacial score (nSPS) is 10.6. The number of aromatic carboxylic acids is 1. The minimum absolute atomic E-state index is 0.244. The number of nitrogen functional groups attached to an aromatic ring is 1. The van der Waals surface area contributed by atoms with Gasteiger partial charge < -0.3 is 15.9 Å². The molecule has 0 aliphatic rings. The minimum atomic E-state index is -1.42. The van der Waals surface area contributed by atoms with Gasteiger partial charge in [0, 0.05) is 12.6 Å². The minimum Gasteiger partial charge on any atom is -0.504 e. The second-order valence-corrected chi connectivity index (χ2v) is 3.73. The van der Waals surface area contributed by atoms with Crippen LogP contribution >= 0.6 is 0 Å². The number of hydrogen-bond donors (Lipinski definition) is 3. The highest BCUT2D eigenvalue weighted by molar-refractivity contribution is 5.93. The Hall–Kier alpha value is -2.57. The highest BCUT2D eigenvalue weighted by Crippen LogP contribution is 2.31. The van der Waals surface area contributed by atoms with Gasteiger partial charge in [-0.15, -0.1) is 0 Å². The zero-order chi connectivity index (χ0) is 13.4. The smallest absolute Gasteiger partial charge is 0.339 e. The molecule has 1 aromatic carbocycles. The van der Waals surface area contributed by atoms with Crippen molar-refractivity contribution >= 4 is 11.8 Å². The summed E-state index contributed by atoms with van der Waals surface area (Å²) >= 11 is 0. The maximum absolute atomic E-state index is 13.4. The quantitative estimate of drug-likeness (QED) is 0.744. The maximum Gasteiger partial charge on any atom is 0.339 e.